The minimum atomic E-state index is -1.24. The molecule has 4 rings (SSSR count). The van der Waals surface area contributed by atoms with Crippen LogP contribution in [-0.4, -0.2) is 31.4 Å². The van der Waals surface area contributed by atoms with Crippen molar-refractivity contribution < 1.29 is 13.9 Å². The molecule has 1 unspecified atom stereocenters. The molecule has 0 amide bonds. The number of rotatable bonds is 3. The highest BCUT2D eigenvalue weighted by Crippen LogP contribution is 2.44. The van der Waals surface area contributed by atoms with Crippen LogP contribution in [0.5, 0.6) is 0 Å². The minimum Gasteiger partial charge on any atom is -0.393 e. The van der Waals surface area contributed by atoms with Gasteiger partial charge in [-0.15, -0.1) is 0 Å². The molecule has 0 spiro atoms. The molecule has 1 N–H and O–H groups in total. The van der Waals surface area contributed by atoms with Gasteiger partial charge in [-0.25, -0.2) is 13.8 Å². The van der Waals surface area contributed by atoms with E-state index >= 15 is 0 Å². The lowest BCUT2D eigenvalue weighted by Crippen LogP contribution is -2.32. The van der Waals surface area contributed by atoms with E-state index in [1.54, 1.807) is 12.5 Å². The van der Waals surface area contributed by atoms with E-state index in [0.29, 0.717) is 55.5 Å². The molecule has 1 atom stereocenters. The van der Waals surface area contributed by atoms with E-state index in [1.807, 2.05) is 4.57 Å². The molecule has 122 valence electrons. The first kappa shape index (κ1) is 14.8. The number of pyridine rings is 1. The van der Waals surface area contributed by atoms with Crippen molar-refractivity contribution in [2.45, 2.75) is 56.3 Å². The van der Waals surface area contributed by atoms with Gasteiger partial charge in [0.1, 0.15) is 11.5 Å². The lowest BCUT2D eigenvalue weighted by molar-refractivity contribution is 0.0252. The van der Waals surface area contributed by atoms with Gasteiger partial charge in [0.2, 0.25) is 0 Å². The fourth-order valence-electron chi connectivity index (χ4n) is 3.88. The van der Waals surface area contributed by atoms with Gasteiger partial charge in [-0.2, -0.15) is 0 Å². The van der Waals surface area contributed by atoms with Crippen molar-refractivity contribution in [2.75, 3.05) is 0 Å². The highest BCUT2D eigenvalue weighted by atomic mass is 19.1. The van der Waals surface area contributed by atoms with Crippen LogP contribution in [0, 0.1) is 5.82 Å². The fourth-order valence-corrected chi connectivity index (χ4v) is 3.88. The molecule has 3 heterocycles. The van der Waals surface area contributed by atoms with E-state index < -0.39 is 5.67 Å². The molecule has 0 radical (unpaired) electrons. The number of imidazole rings is 1. The summed E-state index contributed by atoms with van der Waals surface area (Å²) < 4.78 is 31.0. The molecule has 4 nitrogen and oxygen atoms in total. The Balaban J connectivity index is 1.58. The number of nitrogens with zero attached hydrogens (tertiary/aromatic N) is 3. The molecule has 1 aliphatic heterocycles. The summed E-state index contributed by atoms with van der Waals surface area (Å²) in [6.07, 6.45) is 7.14. The Morgan fingerprint density at radius 1 is 1.35 bits per heavy atom. The molecule has 6 heteroatoms. The van der Waals surface area contributed by atoms with Gasteiger partial charge in [0, 0.05) is 6.20 Å². The Morgan fingerprint density at radius 3 is 2.91 bits per heavy atom. The van der Waals surface area contributed by atoms with Crippen molar-refractivity contribution in [1.29, 1.82) is 0 Å². The van der Waals surface area contributed by atoms with E-state index in [0.717, 1.165) is 0 Å². The second kappa shape index (κ2) is 5.37. The summed E-state index contributed by atoms with van der Waals surface area (Å²) >= 11 is 0. The fraction of sp³-hybridized carbons (Fsp3) is 0.529. The molecule has 2 aromatic heterocycles. The first-order valence-corrected chi connectivity index (χ1v) is 8.11. The average molecular weight is 319 g/mol. The third kappa shape index (κ3) is 2.45. The lowest BCUT2D eigenvalue weighted by atomic mass is 9.81. The van der Waals surface area contributed by atoms with Crippen LogP contribution < -0.4 is 0 Å². The van der Waals surface area contributed by atoms with Crippen molar-refractivity contribution in [2.24, 2.45) is 0 Å². The predicted octanol–water partition coefficient (Wildman–Crippen LogP) is 3.41. The molecule has 0 saturated heterocycles. The Bertz CT molecular complexity index is 722. The largest absolute Gasteiger partial charge is 0.393 e. The number of hydrogen-bond acceptors (Lipinski definition) is 3. The maximum absolute atomic E-state index is 14.9. The molecule has 0 bridgehead atoms. The van der Waals surface area contributed by atoms with Crippen molar-refractivity contribution in [3.63, 3.8) is 0 Å². The third-order valence-corrected chi connectivity index (χ3v) is 5.22. The summed E-state index contributed by atoms with van der Waals surface area (Å²) in [4.78, 5) is 8.43. The summed E-state index contributed by atoms with van der Waals surface area (Å²) in [5.41, 5.74) is 0.627. The molecule has 1 saturated carbocycles. The molecule has 2 aromatic rings. The van der Waals surface area contributed by atoms with Crippen LogP contribution in [0.3, 0.4) is 0 Å². The van der Waals surface area contributed by atoms with Crippen molar-refractivity contribution in [3.05, 3.63) is 36.3 Å². The van der Waals surface area contributed by atoms with E-state index in [2.05, 4.69) is 9.97 Å². The second-order valence-electron chi connectivity index (χ2n) is 6.68. The summed E-state index contributed by atoms with van der Waals surface area (Å²) in [5.74, 6) is -0.310. The monoisotopic (exact) mass is 319 g/mol. The zero-order chi connectivity index (χ0) is 16.0. The zero-order valence-corrected chi connectivity index (χ0v) is 12.8. The van der Waals surface area contributed by atoms with E-state index in [9.17, 15) is 13.9 Å². The second-order valence-corrected chi connectivity index (χ2v) is 6.68. The number of alkyl halides is 1. The molecule has 1 fully saturated rings. The summed E-state index contributed by atoms with van der Waals surface area (Å²) in [5, 5.41) is 9.55. The highest BCUT2D eigenvalue weighted by molar-refractivity contribution is 5.67. The van der Waals surface area contributed by atoms with Gasteiger partial charge in [-0.3, -0.25) is 4.98 Å². The third-order valence-electron chi connectivity index (χ3n) is 5.22. The Hall–Kier alpha value is -1.82. The average Bonchev–Trinajstić information content (AvgIpc) is 3.10. The number of aliphatic hydroxyl groups excluding tert-OH is 1. The number of aliphatic hydroxyl groups is 1. The van der Waals surface area contributed by atoms with Gasteiger partial charge < -0.3 is 9.67 Å². The summed E-state index contributed by atoms with van der Waals surface area (Å²) in [6, 6.07) is 1.18. The Kier molecular flexibility index (Phi) is 3.44. The van der Waals surface area contributed by atoms with Crippen molar-refractivity contribution >= 4 is 0 Å². The molecule has 0 aromatic carbocycles. The van der Waals surface area contributed by atoms with Crippen LogP contribution in [0.2, 0.25) is 0 Å². The topological polar surface area (TPSA) is 50.9 Å². The standard InChI is InChI=1S/C17H19F2N3O/c18-12-4-8-21-16-13(22-10-20-9-14(22)15(12)16)3-7-17(19)5-1-11(23)2-6-17/h4,8-11,13,23H,1-3,5-7H2. The number of aromatic nitrogens is 3. The first-order chi connectivity index (χ1) is 11.1. The van der Waals surface area contributed by atoms with Crippen molar-refractivity contribution in [3.8, 4) is 11.3 Å². The van der Waals surface area contributed by atoms with Gasteiger partial charge in [0.15, 0.2) is 0 Å². The van der Waals surface area contributed by atoms with E-state index in [1.165, 1.54) is 12.3 Å². The molecular weight excluding hydrogens is 300 g/mol. The predicted molar refractivity (Wildman–Crippen MR) is 81.1 cm³/mol. The molecule has 2 aliphatic rings. The SMILES string of the molecule is OC1CCC(F)(CCC2c3nccc(F)c3-c3cncn32)CC1. The van der Waals surface area contributed by atoms with Gasteiger partial charge in [0.05, 0.1) is 41.6 Å². The number of hydrogen-bond donors (Lipinski definition) is 1. The number of fused-ring (bicyclic) bond motifs is 3. The first-order valence-electron chi connectivity index (χ1n) is 8.11. The maximum Gasteiger partial charge on any atom is 0.136 e. The Morgan fingerprint density at radius 2 is 2.13 bits per heavy atom. The minimum absolute atomic E-state index is 0.169. The van der Waals surface area contributed by atoms with Crippen LogP contribution in [0.25, 0.3) is 11.3 Å². The molecule has 23 heavy (non-hydrogen) atoms. The van der Waals surface area contributed by atoms with Crippen LogP contribution in [0.15, 0.2) is 24.8 Å². The summed E-state index contributed by atoms with van der Waals surface area (Å²) in [6.45, 7) is 0. The zero-order valence-electron chi connectivity index (χ0n) is 12.8. The summed E-state index contributed by atoms with van der Waals surface area (Å²) in [7, 11) is 0. The Labute approximate surface area is 133 Å². The van der Waals surface area contributed by atoms with Gasteiger partial charge in [0.25, 0.3) is 0 Å². The van der Waals surface area contributed by atoms with Gasteiger partial charge in [-0.1, -0.05) is 0 Å². The smallest absolute Gasteiger partial charge is 0.136 e. The molecule has 1 aliphatic carbocycles. The maximum atomic E-state index is 14.9. The highest BCUT2D eigenvalue weighted by Gasteiger charge is 2.38. The normalized spacial score (nSPS) is 29.3. The van der Waals surface area contributed by atoms with Crippen LogP contribution in [-0.2, 0) is 0 Å². The van der Waals surface area contributed by atoms with Gasteiger partial charge >= 0.3 is 0 Å². The van der Waals surface area contributed by atoms with Gasteiger partial charge in [-0.05, 0) is 44.6 Å². The van der Waals surface area contributed by atoms with Crippen molar-refractivity contribution in [1.82, 2.24) is 14.5 Å². The molecular formula is C17H19F2N3O. The van der Waals surface area contributed by atoms with E-state index in [4.69, 9.17) is 0 Å². The lowest BCUT2D eigenvalue weighted by Gasteiger charge is -2.32. The van der Waals surface area contributed by atoms with Crippen LogP contribution >= 0.6 is 0 Å². The van der Waals surface area contributed by atoms with Crippen LogP contribution in [0.4, 0.5) is 8.78 Å². The van der Waals surface area contributed by atoms with E-state index in [-0.39, 0.29) is 18.0 Å². The quantitative estimate of drug-likeness (QED) is 0.943. The van der Waals surface area contributed by atoms with Crippen LogP contribution in [0.1, 0.15) is 50.3 Å². The number of halogens is 2.